The summed E-state index contributed by atoms with van der Waals surface area (Å²) in [4.78, 5) is 1.34. The van der Waals surface area contributed by atoms with E-state index in [1.807, 2.05) is 6.07 Å². The predicted molar refractivity (Wildman–Crippen MR) is 89.0 cm³/mol. The lowest BCUT2D eigenvalue weighted by molar-refractivity contribution is 0.354. The Morgan fingerprint density at radius 2 is 1.90 bits per heavy atom. The summed E-state index contributed by atoms with van der Waals surface area (Å²) in [7, 11) is 3.23. The molecule has 0 amide bonds. The molecule has 20 heavy (non-hydrogen) atoms. The molecule has 1 heterocycles. The minimum Gasteiger partial charge on any atom is -0.493 e. The Kier molecular flexibility index (Phi) is 5.35. The van der Waals surface area contributed by atoms with Crippen LogP contribution in [-0.4, -0.2) is 14.2 Å². The quantitative estimate of drug-likeness (QED) is 0.646. The van der Waals surface area contributed by atoms with E-state index in [9.17, 15) is 0 Å². The van der Waals surface area contributed by atoms with Crippen molar-refractivity contribution in [1.82, 2.24) is 0 Å². The molecule has 0 fully saturated rings. The number of rotatable bonds is 5. The number of alkyl halides is 1. The topological polar surface area (TPSA) is 18.5 Å². The maximum absolute atomic E-state index is 6.38. The van der Waals surface area contributed by atoms with Crippen molar-refractivity contribution in [3.8, 4) is 11.5 Å². The summed E-state index contributed by atoms with van der Waals surface area (Å²) >= 11 is 11.9. The normalized spacial score (nSPS) is 12.2. The second-order valence-corrected chi connectivity index (χ2v) is 6.53. The number of aryl methyl sites for hydroxylation is 1. The van der Waals surface area contributed by atoms with E-state index in [1.165, 1.54) is 10.4 Å². The molecule has 0 aliphatic rings. The Bertz CT molecular complexity index is 598. The number of hydrogen-bond donors (Lipinski definition) is 0. The van der Waals surface area contributed by atoms with Gasteiger partial charge < -0.3 is 9.47 Å². The van der Waals surface area contributed by atoms with Crippen molar-refractivity contribution >= 4 is 38.9 Å². The van der Waals surface area contributed by atoms with E-state index in [4.69, 9.17) is 21.1 Å². The Hall–Kier alpha value is -0.710. The fourth-order valence-corrected chi connectivity index (χ4v) is 4.45. The van der Waals surface area contributed by atoms with Crippen molar-refractivity contribution in [2.75, 3.05) is 14.2 Å². The number of thiophene rings is 1. The predicted octanol–water partition coefficient (Wildman–Crippen LogP) is 5.47. The third kappa shape index (κ3) is 2.97. The summed E-state index contributed by atoms with van der Waals surface area (Å²) in [6.07, 6.45) is 1.01. The van der Waals surface area contributed by atoms with Crippen LogP contribution in [-0.2, 0) is 6.42 Å². The second-order valence-electron chi connectivity index (χ2n) is 4.25. The number of ether oxygens (including phenoxy) is 2. The number of hydrogen-bond acceptors (Lipinski definition) is 3. The van der Waals surface area contributed by atoms with Gasteiger partial charge in [-0.25, -0.2) is 0 Å². The molecule has 0 bridgehead atoms. The molecule has 0 spiro atoms. The van der Waals surface area contributed by atoms with Crippen LogP contribution in [0.3, 0.4) is 0 Å². The fraction of sp³-hybridized carbons (Fsp3) is 0.333. The first kappa shape index (κ1) is 15.7. The third-order valence-electron chi connectivity index (χ3n) is 3.17. The van der Waals surface area contributed by atoms with Gasteiger partial charge in [-0.05, 0) is 35.1 Å². The molecule has 2 rings (SSSR count). The van der Waals surface area contributed by atoms with Crippen LogP contribution < -0.4 is 9.47 Å². The van der Waals surface area contributed by atoms with Crippen LogP contribution >= 0.6 is 38.9 Å². The summed E-state index contributed by atoms with van der Waals surface area (Å²) in [5.74, 6) is 1.33. The van der Waals surface area contributed by atoms with Gasteiger partial charge >= 0.3 is 0 Å². The third-order valence-corrected chi connectivity index (χ3v) is 5.77. The molecule has 1 atom stereocenters. The van der Waals surface area contributed by atoms with Gasteiger partial charge in [0.1, 0.15) is 0 Å². The van der Waals surface area contributed by atoms with Crippen LogP contribution in [0.2, 0.25) is 5.02 Å². The zero-order chi connectivity index (χ0) is 14.7. The van der Waals surface area contributed by atoms with Crippen molar-refractivity contribution in [2.45, 2.75) is 18.2 Å². The lowest BCUT2D eigenvalue weighted by atomic mass is 10.1. The first-order chi connectivity index (χ1) is 9.62. The van der Waals surface area contributed by atoms with Crippen molar-refractivity contribution < 1.29 is 9.47 Å². The molecule has 2 nitrogen and oxygen atoms in total. The summed E-state index contributed by atoms with van der Waals surface area (Å²) in [6.45, 7) is 2.15. The van der Waals surface area contributed by atoms with Gasteiger partial charge in [-0.2, -0.15) is 0 Å². The standard InChI is InChI=1S/C15H16BrClO2S/c1-4-9-5-6-20-15(9)14(16)10-7-12(18-2)13(19-3)8-11(10)17/h5-8,14H,4H2,1-3H3. The molecular weight excluding hydrogens is 360 g/mol. The van der Waals surface area contributed by atoms with Crippen LogP contribution in [0.1, 0.15) is 27.8 Å². The summed E-state index contributed by atoms with van der Waals surface area (Å²) in [5, 5.41) is 2.77. The van der Waals surface area contributed by atoms with E-state index in [0.29, 0.717) is 16.5 Å². The minimum atomic E-state index is 0.0600. The van der Waals surface area contributed by atoms with Gasteiger partial charge in [-0.15, -0.1) is 11.3 Å². The first-order valence-electron chi connectivity index (χ1n) is 6.24. The van der Waals surface area contributed by atoms with Crippen LogP contribution in [0.5, 0.6) is 11.5 Å². The molecule has 0 aliphatic carbocycles. The van der Waals surface area contributed by atoms with Gasteiger partial charge in [0.2, 0.25) is 0 Å². The Morgan fingerprint density at radius 1 is 1.25 bits per heavy atom. The summed E-state index contributed by atoms with van der Waals surface area (Å²) in [6, 6.07) is 5.88. The molecule has 108 valence electrons. The van der Waals surface area contributed by atoms with Gasteiger partial charge in [-0.3, -0.25) is 0 Å². The van der Waals surface area contributed by atoms with Gasteiger partial charge in [0.25, 0.3) is 0 Å². The zero-order valence-electron chi connectivity index (χ0n) is 11.6. The van der Waals surface area contributed by atoms with E-state index in [2.05, 4.69) is 34.3 Å². The van der Waals surface area contributed by atoms with Crippen LogP contribution in [0, 0.1) is 0 Å². The van der Waals surface area contributed by atoms with Gasteiger partial charge in [0, 0.05) is 16.0 Å². The maximum Gasteiger partial charge on any atom is 0.162 e. The van der Waals surface area contributed by atoms with Gasteiger partial charge in [0.15, 0.2) is 11.5 Å². The Morgan fingerprint density at radius 3 is 2.50 bits per heavy atom. The highest BCUT2D eigenvalue weighted by Crippen LogP contribution is 2.43. The van der Waals surface area contributed by atoms with E-state index >= 15 is 0 Å². The van der Waals surface area contributed by atoms with Crippen molar-refractivity contribution in [3.05, 3.63) is 44.6 Å². The molecule has 5 heteroatoms. The van der Waals surface area contributed by atoms with E-state index in [1.54, 1.807) is 31.6 Å². The number of methoxy groups -OCH3 is 2. The molecular formula is C15H16BrClO2S. The first-order valence-corrected chi connectivity index (χ1v) is 8.41. The van der Waals surface area contributed by atoms with Crippen molar-refractivity contribution in [1.29, 1.82) is 0 Å². The highest BCUT2D eigenvalue weighted by molar-refractivity contribution is 9.09. The van der Waals surface area contributed by atoms with Crippen LogP contribution in [0.25, 0.3) is 0 Å². The highest BCUT2D eigenvalue weighted by Gasteiger charge is 2.20. The fourth-order valence-electron chi connectivity index (χ4n) is 2.07. The average molecular weight is 376 g/mol. The summed E-state index contributed by atoms with van der Waals surface area (Å²) in [5.41, 5.74) is 2.32. The van der Waals surface area contributed by atoms with Crippen LogP contribution in [0.4, 0.5) is 0 Å². The molecule has 0 aliphatic heterocycles. The monoisotopic (exact) mass is 374 g/mol. The zero-order valence-corrected chi connectivity index (χ0v) is 14.7. The minimum absolute atomic E-state index is 0.0600. The number of benzene rings is 1. The lowest BCUT2D eigenvalue weighted by Crippen LogP contribution is -1.98. The van der Waals surface area contributed by atoms with Gasteiger partial charge in [-0.1, -0.05) is 34.5 Å². The SMILES string of the molecule is CCc1ccsc1C(Br)c1cc(OC)c(OC)cc1Cl. The van der Waals surface area contributed by atoms with E-state index in [-0.39, 0.29) is 4.83 Å². The molecule has 0 N–H and O–H groups in total. The number of halogens is 2. The molecule has 0 saturated heterocycles. The maximum atomic E-state index is 6.38. The molecule has 1 aromatic carbocycles. The van der Waals surface area contributed by atoms with E-state index in [0.717, 1.165) is 12.0 Å². The lowest BCUT2D eigenvalue weighted by Gasteiger charge is -2.16. The molecule has 2 aromatic rings. The van der Waals surface area contributed by atoms with E-state index < -0.39 is 0 Å². The second kappa shape index (κ2) is 6.83. The van der Waals surface area contributed by atoms with Crippen molar-refractivity contribution in [3.63, 3.8) is 0 Å². The molecule has 0 radical (unpaired) electrons. The smallest absolute Gasteiger partial charge is 0.162 e. The Labute approximate surface area is 136 Å². The van der Waals surface area contributed by atoms with Crippen LogP contribution in [0.15, 0.2) is 23.6 Å². The van der Waals surface area contributed by atoms with Crippen molar-refractivity contribution in [2.24, 2.45) is 0 Å². The van der Waals surface area contributed by atoms with Gasteiger partial charge in [0.05, 0.1) is 19.0 Å². The molecule has 0 saturated carbocycles. The largest absolute Gasteiger partial charge is 0.493 e. The molecule has 1 aromatic heterocycles. The highest BCUT2D eigenvalue weighted by atomic mass is 79.9. The average Bonchev–Trinajstić information content (AvgIpc) is 2.94. The Balaban J connectivity index is 2.46. The molecule has 1 unspecified atom stereocenters. The summed E-state index contributed by atoms with van der Waals surface area (Å²) < 4.78 is 10.6.